The maximum absolute atomic E-state index is 13.0. The Hall–Kier alpha value is -3.11. The first-order valence-corrected chi connectivity index (χ1v) is 8.65. The molecule has 0 amide bonds. The highest BCUT2D eigenvalue weighted by atomic mass is 35.5. The van der Waals surface area contributed by atoms with Gasteiger partial charge in [-0.05, 0) is 42.0 Å². The number of benzene rings is 2. The molecule has 128 valence electrons. The Morgan fingerprint density at radius 2 is 1.88 bits per heavy atom. The van der Waals surface area contributed by atoms with E-state index in [2.05, 4.69) is 10.4 Å². The van der Waals surface area contributed by atoms with Crippen molar-refractivity contribution < 1.29 is 0 Å². The van der Waals surface area contributed by atoms with Crippen molar-refractivity contribution in [2.24, 2.45) is 0 Å². The third kappa shape index (κ3) is 3.19. The number of aromatic nitrogens is 2. The molecule has 0 spiro atoms. The minimum atomic E-state index is -0.137. The lowest BCUT2D eigenvalue weighted by Gasteiger charge is -2.12. The van der Waals surface area contributed by atoms with Gasteiger partial charge in [0, 0.05) is 29.2 Å². The first-order valence-electron chi connectivity index (χ1n) is 8.27. The van der Waals surface area contributed by atoms with Gasteiger partial charge in [-0.2, -0.15) is 9.78 Å². The molecule has 0 atom stereocenters. The summed E-state index contributed by atoms with van der Waals surface area (Å²) < 4.78 is 1.45. The second-order valence-corrected chi connectivity index (χ2v) is 6.40. The Balaban J connectivity index is 1.91. The van der Waals surface area contributed by atoms with E-state index in [1.165, 1.54) is 4.68 Å². The van der Waals surface area contributed by atoms with Gasteiger partial charge in [0.15, 0.2) is 0 Å². The molecule has 0 aliphatic carbocycles. The fraction of sp³-hybridized carbons (Fsp3) is 0.0476. The van der Waals surface area contributed by atoms with E-state index in [9.17, 15) is 4.79 Å². The average molecular weight is 362 g/mol. The monoisotopic (exact) mass is 361 g/mol. The van der Waals surface area contributed by atoms with E-state index in [0.717, 1.165) is 16.6 Å². The number of fused-ring (bicyclic) bond motifs is 1. The molecule has 1 aliphatic heterocycles. The van der Waals surface area contributed by atoms with E-state index in [1.807, 2.05) is 66.8 Å². The predicted octanol–water partition coefficient (Wildman–Crippen LogP) is 4.11. The molecular formula is C21H16ClN3O. The Morgan fingerprint density at radius 1 is 1.04 bits per heavy atom. The van der Waals surface area contributed by atoms with Gasteiger partial charge in [-0.15, -0.1) is 0 Å². The molecule has 0 bridgehead atoms. The zero-order valence-electron chi connectivity index (χ0n) is 13.9. The summed E-state index contributed by atoms with van der Waals surface area (Å²) in [5, 5.41) is 9.86. The number of nitrogens with zero attached hydrogens (tertiary/aromatic N) is 2. The number of allylic oxidation sites excluding steroid dienone is 4. The van der Waals surface area contributed by atoms with Crippen LogP contribution in [0.4, 0.5) is 0 Å². The van der Waals surface area contributed by atoms with Crippen LogP contribution in [0.2, 0.25) is 5.02 Å². The van der Waals surface area contributed by atoms with Gasteiger partial charge in [-0.25, -0.2) is 0 Å². The normalized spacial score (nSPS) is 13.3. The highest BCUT2D eigenvalue weighted by Crippen LogP contribution is 2.20. The maximum atomic E-state index is 13.0. The van der Waals surface area contributed by atoms with Crippen molar-refractivity contribution in [3.05, 3.63) is 106 Å². The molecule has 4 nitrogen and oxygen atoms in total. The molecule has 5 heteroatoms. The number of hydrogen-bond donors (Lipinski definition) is 1. The lowest BCUT2D eigenvalue weighted by molar-refractivity contribution is 0.809. The van der Waals surface area contributed by atoms with E-state index in [1.54, 1.807) is 12.4 Å². The third-order valence-electron chi connectivity index (χ3n) is 4.20. The summed E-state index contributed by atoms with van der Waals surface area (Å²) in [5.74, 6) is 0. The molecule has 1 aliphatic rings. The Labute approximate surface area is 155 Å². The number of nitrogens with one attached hydrogen (secondary N) is 1. The molecule has 3 aromatic rings. The average Bonchev–Trinajstić information content (AvgIpc) is 2.93. The molecule has 1 aromatic heterocycles. The smallest absolute Gasteiger partial charge is 0.279 e. The van der Waals surface area contributed by atoms with E-state index in [4.69, 9.17) is 11.6 Å². The Morgan fingerprint density at radius 3 is 2.73 bits per heavy atom. The van der Waals surface area contributed by atoms with Gasteiger partial charge in [0.05, 0.1) is 16.8 Å². The van der Waals surface area contributed by atoms with Crippen molar-refractivity contribution in [2.45, 2.75) is 6.42 Å². The fourth-order valence-electron chi connectivity index (χ4n) is 2.99. The van der Waals surface area contributed by atoms with E-state index in [0.29, 0.717) is 22.5 Å². The van der Waals surface area contributed by atoms with Crippen LogP contribution in [0.3, 0.4) is 0 Å². The lowest BCUT2D eigenvalue weighted by atomic mass is 10.0. The first kappa shape index (κ1) is 16.4. The molecule has 2 aromatic carbocycles. The quantitative estimate of drug-likeness (QED) is 0.763. The molecule has 0 saturated carbocycles. The molecule has 0 fully saturated rings. The topological polar surface area (TPSA) is 46.9 Å². The summed E-state index contributed by atoms with van der Waals surface area (Å²) in [6, 6.07) is 15.3. The van der Waals surface area contributed by atoms with Gasteiger partial charge >= 0.3 is 0 Å². The molecule has 0 unspecified atom stereocenters. The van der Waals surface area contributed by atoms with E-state index >= 15 is 0 Å². The SMILES string of the molecule is O=c1c2ccccc2c(Cc2cccc(Cl)c2)nn1C1=CC=CNC=C1. The molecule has 26 heavy (non-hydrogen) atoms. The Bertz CT molecular complexity index is 1130. The van der Waals surface area contributed by atoms with Crippen LogP contribution in [-0.2, 0) is 6.42 Å². The van der Waals surface area contributed by atoms with Crippen molar-refractivity contribution in [3.63, 3.8) is 0 Å². The lowest BCUT2D eigenvalue weighted by Crippen LogP contribution is -2.23. The van der Waals surface area contributed by atoms with Crippen molar-refractivity contribution in [2.75, 3.05) is 0 Å². The standard InChI is InChI=1S/C21H16ClN3O/c22-16-6-3-5-15(13-16)14-20-18-8-1-2-9-19(18)21(26)25(24-20)17-7-4-11-23-12-10-17/h1-13,23H,14H2. The van der Waals surface area contributed by atoms with Crippen molar-refractivity contribution in [1.82, 2.24) is 15.1 Å². The summed E-state index contributed by atoms with van der Waals surface area (Å²) in [5.41, 5.74) is 2.45. The molecule has 0 saturated heterocycles. The van der Waals surface area contributed by atoms with Gasteiger partial charge in [0.2, 0.25) is 0 Å². The van der Waals surface area contributed by atoms with Gasteiger partial charge in [-0.3, -0.25) is 4.79 Å². The van der Waals surface area contributed by atoms with Gasteiger partial charge < -0.3 is 5.32 Å². The zero-order chi connectivity index (χ0) is 17.9. The van der Waals surface area contributed by atoms with Gasteiger partial charge in [0.1, 0.15) is 0 Å². The molecular weight excluding hydrogens is 346 g/mol. The van der Waals surface area contributed by atoms with Gasteiger partial charge in [-0.1, -0.05) is 41.9 Å². The van der Waals surface area contributed by atoms with Crippen LogP contribution >= 0.6 is 11.6 Å². The van der Waals surface area contributed by atoms with Gasteiger partial charge in [0.25, 0.3) is 5.56 Å². The fourth-order valence-corrected chi connectivity index (χ4v) is 3.20. The van der Waals surface area contributed by atoms with Crippen LogP contribution in [-0.4, -0.2) is 9.78 Å². The van der Waals surface area contributed by atoms with Crippen LogP contribution in [0.25, 0.3) is 16.5 Å². The van der Waals surface area contributed by atoms with Crippen molar-refractivity contribution in [1.29, 1.82) is 0 Å². The number of halogens is 1. The molecule has 0 radical (unpaired) electrons. The predicted molar refractivity (Wildman–Crippen MR) is 106 cm³/mol. The summed E-state index contributed by atoms with van der Waals surface area (Å²) >= 11 is 6.12. The van der Waals surface area contributed by atoms with E-state index in [-0.39, 0.29) is 5.56 Å². The van der Waals surface area contributed by atoms with E-state index < -0.39 is 0 Å². The minimum Gasteiger partial charge on any atom is -0.368 e. The zero-order valence-corrected chi connectivity index (χ0v) is 14.6. The molecule has 1 N–H and O–H groups in total. The summed E-state index contributed by atoms with van der Waals surface area (Å²) in [7, 11) is 0. The summed E-state index contributed by atoms with van der Waals surface area (Å²) in [4.78, 5) is 13.0. The highest BCUT2D eigenvalue weighted by molar-refractivity contribution is 6.30. The Kier molecular flexibility index (Phi) is 4.42. The second-order valence-electron chi connectivity index (χ2n) is 5.97. The molecule has 4 rings (SSSR count). The summed E-state index contributed by atoms with van der Waals surface area (Å²) in [6.07, 6.45) is 9.68. The number of rotatable bonds is 3. The van der Waals surface area contributed by atoms with Crippen LogP contribution in [0.5, 0.6) is 0 Å². The third-order valence-corrected chi connectivity index (χ3v) is 4.43. The first-order chi connectivity index (χ1) is 12.7. The number of hydrogen-bond acceptors (Lipinski definition) is 3. The van der Waals surface area contributed by atoms with Crippen LogP contribution in [0.1, 0.15) is 11.3 Å². The second kappa shape index (κ2) is 7.02. The van der Waals surface area contributed by atoms with Crippen molar-refractivity contribution >= 4 is 28.1 Å². The summed E-state index contributed by atoms with van der Waals surface area (Å²) in [6.45, 7) is 0. The van der Waals surface area contributed by atoms with Crippen molar-refractivity contribution in [3.8, 4) is 0 Å². The minimum absolute atomic E-state index is 0.137. The van der Waals surface area contributed by atoms with Crippen LogP contribution in [0.15, 0.2) is 84.0 Å². The van der Waals surface area contributed by atoms with Crippen LogP contribution in [0, 0.1) is 0 Å². The maximum Gasteiger partial charge on any atom is 0.279 e. The largest absolute Gasteiger partial charge is 0.368 e. The molecule has 2 heterocycles. The highest BCUT2D eigenvalue weighted by Gasteiger charge is 2.13. The van der Waals surface area contributed by atoms with Crippen LogP contribution < -0.4 is 10.9 Å².